The zero-order chi connectivity index (χ0) is 18.8. The molecule has 0 atom stereocenters. The Balaban J connectivity index is 1.68. The molecule has 0 fully saturated rings. The molecule has 8 nitrogen and oxygen atoms in total. The zero-order valence-corrected chi connectivity index (χ0v) is 15.7. The number of rotatable bonds is 2. The Morgan fingerprint density at radius 1 is 1.35 bits per heavy atom. The molecule has 2 aromatic rings. The molecule has 0 saturated heterocycles. The van der Waals surface area contributed by atoms with E-state index < -0.39 is 17.7 Å². The fourth-order valence-corrected chi connectivity index (χ4v) is 3.70. The average Bonchev–Trinajstić information content (AvgIpc) is 3.04. The van der Waals surface area contributed by atoms with Crippen LogP contribution < -0.4 is 5.32 Å². The first-order valence-corrected chi connectivity index (χ1v) is 8.96. The van der Waals surface area contributed by atoms with Crippen molar-refractivity contribution in [2.45, 2.75) is 13.0 Å². The number of anilines is 1. The van der Waals surface area contributed by atoms with Crippen LogP contribution in [0.15, 0.2) is 18.3 Å². The first-order chi connectivity index (χ1) is 12.3. The number of fused-ring (bicyclic) bond motifs is 1. The van der Waals surface area contributed by atoms with Crippen LogP contribution in [0.5, 0.6) is 0 Å². The fourth-order valence-electron chi connectivity index (χ4n) is 2.42. The number of thiazole rings is 1. The molecule has 2 aromatic heterocycles. The van der Waals surface area contributed by atoms with Crippen LogP contribution in [0, 0.1) is 0 Å². The predicted octanol–water partition coefficient (Wildman–Crippen LogP) is 1.42. The quantitative estimate of drug-likeness (QED) is 0.775. The molecule has 1 N–H and O–H groups in total. The summed E-state index contributed by atoms with van der Waals surface area (Å²) in [7, 11) is 3.25. The van der Waals surface area contributed by atoms with Crippen molar-refractivity contribution < 1.29 is 14.4 Å². The average molecular weight is 394 g/mol. The molecule has 26 heavy (non-hydrogen) atoms. The van der Waals surface area contributed by atoms with Gasteiger partial charge < -0.3 is 10.2 Å². The Morgan fingerprint density at radius 2 is 2.12 bits per heavy atom. The molecule has 1 aliphatic heterocycles. The van der Waals surface area contributed by atoms with E-state index in [1.165, 1.54) is 36.7 Å². The smallest absolute Gasteiger partial charge is 0.302 e. The van der Waals surface area contributed by atoms with Crippen LogP contribution in [0.2, 0.25) is 5.02 Å². The number of carbonyl (C=O) groups is 3. The number of nitrogens with one attached hydrogen (secondary N) is 1. The standard InChI is InChI=1S/C16H16ClN5O3S/c1-21-6-5-10-11(8-21)26-14(19-10)16(25)22(2)15(24)13(23)20-12-4-3-9(17)7-18-12/h3-4,7H,5-6,8H2,1-2H3,(H,18,20,23). The maximum absolute atomic E-state index is 12.5. The van der Waals surface area contributed by atoms with E-state index in [9.17, 15) is 14.4 Å². The molecule has 136 valence electrons. The van der Waals surface area contributed by atoms with Crippen molar-refractivity contribution in [3.05, 3.63) is 38.9 Å². The van der Waals surface area contributed by atoms with Crippen LogP contribution in [0.1, 0.15) is 20.4 Å². The van der Waals surface area contributed by atoms with Crippen LogP contribution >= 0.6 is 22.9 Å². The molecule has 3 amide bonds. The molecule has 3 heterocycles. The molecule has 10 heteroatoms. The normalized spacial score (nSPS) is 13.8. The number of likely N-dealkylation sites (N-methyl/N-ethyl adjacent to an activating group) is 2. The number of carbonyl (C=O) groups excluding carboxylic acids is 3. The molecule has 0 saturated carbocycles. The van der Waals surface area contributed by atoms with Gasteiger partial charge in [0, 0.05) is 37.6 Å². The van der Waals surface area contributed by atoms with Crippen molar-refractivity contribution in [1.29, 1.82) is 0 Å². The molecule has 3 rings (SSSR count). The Morgan fingerprint density at radius 3 is 2.81 bits per heavy atom. The number of aromatic nitrogens is 2. The van der Waals surface area contributed by atoms with Crippen molar-refractivity contribution in [2.24, 2.45) is 0 Å². The minimum absolute atomic E-state index is 0.168. The second kappa shape index (κ2) is 7.48. The highest BCUT2D eigenvalue weighted by Gasteiger charge is 2.29. The number of imide groups is 1. The van der Waals surface area contributed by atoms with Crippen LogP contribution in [0.3, 0.4) is 0 Å². The van der Waals surface area contributed by atoms with Gasteiger partial charge in [-0.25, -0.2) is 9.97 Å². The van der Waals surface area contributed by atoms with E-state index in [0.717, 1.165) is 35.0 Å². The highest BCUT2D eigenvalue weighted by molar-refractivity contribution is 7.13. The van der Waals surface area contributed by atoms with E-state index >= 15 is 0 Å². The molecule has 0 spiro atoms. The first-order valence-electron chi connectivity index (χ1n) is 7.77. The topological polar surface area (TPSA) is 95.5 Å². The lowest BCUT2D eigenvalue weighted by Crippen LogP contribution is -2.41. The van der Waals surface area contributed by atoms with E-state index in [1.54, 1.807) is 0 Å². The summed E-state index contributed by atoms with van der Waals surface area (Å²) in [6.07, 6.45) is 2.10. The van der Waals surface area contributed by atoms with Gasteiger partial charge in [0.2, 0.25) is 0 Å². The van der Waals surface area contributed by atoms with Crippen molar-refractivity contribution in [3.8, 4) is 0 Å². The van der Waals surface area contributed by atoms with Crippen molar-refractivity contribution in [1.82, 2.24) is 19.8 Å². The van der Waals surface area contributed by atoms with Gasteiger partial charge in [-0.05, 0) is 19.2 Å². The predicted molar refractivity (Wildman–Crippen MR) is 97.1 cm³/mol. The number of hydrogen-bond acceptors (Lipinski definition) is 7. The van der Waals surface area contributed by atoms with Gasteiger partial charge in [-0.1, -0.05) is 11.6 Å². The van der Waals surface area contributed by atoms with Gasteiger partial charge in [-0.15, -0.1) is 11.3 Å². The Bertz CT molecular complexity index is 867. The third-order valence-electron chi connectivity index (χ3n) is 3.88. The maximum atomic E-state index is 12.5. The number of hydrogen-bond donors (Lipinski definition) is 1. The van der Waals surface area contributed by atoms with Crippen LogP contribution in [-0.4, -0.2) is 58.1 Å². The summed E-state index contributed by atoms with van der Waals surface area (Å²) >= 11 is 6.97. The summed E-state index contributed by atoms with van der Waals surface area (Å²) in [4.78, 5) is 48.9. The summed E-state index contributed by atoms with van der Waals surface area (Å²) in [6, 6.07) is 2.99. The number of amides is 3. The number of pyridine rings is 1. The second-order valence-electron chi connectivity index (χ2n) is 5.86. The summed E-state index contributed by atoms with van der Waals surface area (Å²) in [5.41, 5.74) is 0.882. The molecular weight excluding hydrogens is 378 g/mol. The van der Waals surface area contributed by atoms with Crippen molar-refractivity contribution in [3.63, 3.8) is 0 Å². The Labute approximate surface area is 158 Å². The van der Waals surface area contributed by atoms with Crippen molar-refractivity contribution >= 4 is 46.5 Å². The largest absolute Gasteiger partial charge is 0.318 e. The highest BCUT2D eigenvalue weighted by Crippen LogP contribution is 2.25. The monoisotopic (exact) mass is 393 g/mol. The van der Waals surface area contributed by atoms with E-state index in [4.69, 9.17) is 11.6 Å². The summed E-state index contributed by atoms with van der Waals surface area (Å²) in [6.45, 7) is 1.59. The molecular formula is C16H16ClN5O3S. The van der Waals surface area contributed by atoms with Gasteiger partial charge in [0.1, 0.15) is 5.82 Å². The number of nitrogens with zero attached hydrogens (tertiary/aromatic N) is 4. The summed E-state index contributed by atoms with van der Waals surface area (Å²) in [5, 5.41) is 2.94. The third-order valence-corrected chi connectivity index (χ3v) is 5.17. The minimum atomic E-state index is -0.989. The van der Waals surface area contributed by atoms with Gasteiger partial charge in [0.25, 0.3) is 5.91 Å². The summed E-state index contributed by atoms with van der Waals surface area (Å²) < 4.78 is 0. The van der Waals surface area contributed by atoms with Gasteiger partial charge in [-0.2, -0.15) is 0 Å². The van der Waals surface area contributed by atoms with Gasteiger partial charge in [-0.3, -0.25) is 19.3 Å². The van der Waals surface area contributed by atoms with E-state index in [2.05, 4.69) is 20.2 Å². The second-order valence-corrected chi connectivity index (χ2v) is 7.38. The minimum Gasteiger partial charge on any atom is -0.302 e. The van der Waals surface area contributed by atoms with Crippen LogP contribution in [-0.2, 0) is 22.6 Å². The van der Waals surface area contributed by atoms with Crippen LogP contribution in [0.25, 0.3) is 0 Å². The highest BCUT2D eigenvalue weighted by atomic mass is 35.5. The lowest BCUT2D eigenvalue weighted by atomic mass is 10.2. The van der Waals surface area contributed by atoms with Gasteiger partial charge >= 0.3 is 11.8 Å². The van der Waals surface area contributed by atoms with Crippen LogP contribution in [0.4, 0.5) is 5.82 Å². The lowest BCUT2D eigenvalue weighted by Gasteiger charge is -2.20. The Hall–Kier alpha value is -2.36. The maximum Gasteiger partial charge on any atom is 0.318 e. The SMILES string of the molecule is CN1CCc2nc(C(=O)N(C)C(=O)C(=O)Nc3ccc(Cl)cn3)sc2C1. The summed E-state index contributed by atoms with van der Waals surface area (Å²) in [5.74, 6) is -2.38. The molecule has 0 aliphatic carbocycles. The van der Waals surface area contributed by atoms with E-state index in [0.29, 0.717) is 5.02 Å². The van der Waals surface area contributed by atoms with E-state index in [-0.39, 0.29) is 10.8 Å². The molecule has 1 aliphatic rings. The molecule has 0 aromatic carbocycles. The number of halogens is 1. The molecule has 0 bridgehead atoms. The molecule has 0 unspecified atom stereocenters. The zero-order valence-electron chi connectivity index (χ0n) is 14.2. The first kappa shape index (κ1) is 18.4. The lowest BCUT2D eigenvalue weighted by molar-refractivity contribution is -0.140. The van der Waals surface area contributed by atoms with Crippen molar-refractivity contribution in [2.75, 3.05) is 26.0 Å². The fraction of sp³-hybridized carbons (Fsp3) is 0.312. The third kappa shape index (κ3) is 3.90. The Kier molecular flexibility index (Phi) is 5.30. The van der Waals surface area contributed by atoms with E-state index in [1.807, 2.05) is 7.05 Å². The van der Waals surface area contributed by atoms with Gasteiger partial charge in [0.05, 0.1) is 10.7 Å². The van der Waals surface area contributed by atoms with Gasteiger partial charge in [0.15, 0.2) is 5.01 Å². The molecule has 0 radical (unpaired) electrons.